The highest BCUT2D eigenvalue weighted by Gasteiger charge is 2.60. The summed E-state index contributed by atoms with van der Waals surface area (Å²) in [5, 5.41) is 25.4. The Hall–Kier alpha value is -2.00. The van der Waals surface area contributed by atoms with Gasteiger partial charge in [-0.1, -0.05) is 19.3 Å². The maximum absolute atomic E-state index is 13.4. The van der Waals surface area contributed by atoms with E-state index in [9.17, 15) is 24.6 Å². The Morgan fingerprint density at radius 1 is 1.10 bits per heavy atom. The maximum atomic E-state index is 13.4. The van der Waals surface area contributed by atoms with Gasteiger partial charge in [0.05, 0.1) is 30.7 Å². The van der Waals surface area contributed by atoms with Gasteiger partial charge in [0.15, 0.2) is 0 Å². The summed E-state index contributed by atoms with van der Waals surface area (Å²) in [4.78, 5) is 39.6. The fraction of sp³-hybridized carbons (Fsp3) is 0.810. The Balaban J connectivity index is 1.59. The van der Waals surface area contributed by atoms with Crippen molar-refractivity contribution >= 4 is 23.6 Å². The zero-order valence-corrected chi connectivity index (χ0v) is 17.3. The molecule has 1 aliphatic heterocycles. The fourth-order valence-electron chi connectivity index (χ4n) is 6.00. The number of imide groups is 1. The number of aliphatic hydroxyl groups is 2. The van der Waals surface area contributed by atoms with Crippen LogP contribution in [0.5, 0.6) is 0 Å². The van der Waals surface area contributed by atoms with Crippen LogP contribution in [0.1, 0.15) is 58.3 Å². The molecule has 6 atom stereocenters. The van der Waals surface area contributed by atoms with Gasteiger partial charge >= 0.3 is 6.09 Å². The molecule has 0 bridgehead atoms. The first-order chi connectivity index (χ1) is 14.4. The lowest BCUT2D eigenvalue weighted by Gasteiger charge is -2.45. The van der Waals surface area contributed by atoms with Crippen molar-refractivity contribution in [3.8, 4) is 0 Å². The number of aliphatic hydroxyl groups excluding tert-OH is 2. The summed E-state index contributed by atoms with van der Waals surface area (Å²) in [5.74, 6) is -2.27. The molecule has 1 saturated heterocycles. The van der Waals surface area contributed by atoms with Crippen LogP contribution in [0.2, 0.25) is 0 Å². The van der Waals surface area contributed by atoms with E-state index < -0.39 is 36.1 Å². The first-order valence-electron chi connectivity index (χ1n) is 11.2. The molecular weight excluding hydrogens is 390 g/mol. The van der Waals surface area contributed by atoms with Crippen molar-refractivity contribution in [3.05, 3.63) is 0 Å². The van der Waals surface area contributed by atoms with E-state index in [1.165, 1.54) is 4.90 Å². The Labute approximate surface area is 175 Å². The van der Waals surface area contributed by atoms with Crippen LogP contribution in [0.4, 0.5) is 4.79 Å². The van der Waals surface area contributed by atoms with Crippen LogP contribution >= 0.6 is 0 Å². The van der Waals surface area contributed by atoms with Gasteiger partial charge in [0.25, 0.3) is 0 Å². The van der Waals surface area contributed by atoms with Crippen molar-refractivity contribution in [3.63, 3.8) is 0 Å². The highest BCUT2D eigenvalue weighted by Crippen LogP contribution is 2.50. The zero-order chi connectivity index (χ0) is 21.4. The summed E-state index contributed by atoms with van der Waals surface area (Å²) in [6.45, 7) is 1.90. The minimum Gasteiger partial charge on any atom is -0.449 e. The number of carbonyl (C=O) groups is 3. The number of fused-ring (bicyclic) bond motifs is 3. The van der Waals surface area contributed by atoms with Crippen LogP contribution in [0.15, 0.2) is 5.10 Å². The van der Waals surface area contributed by atoms with Crippen LogP contribution < -0.4 is 5.43 Å². The number of ether oxygens (including phenoxy) is 1. The van der Waals surface area contributed by atoms with E-state index in [4.69, 9.17) is 4.74 Å². The summed E-state index contributed by atoms with van der Waals surface area (Å²) < 4.78 is 4.82. The van der Waals surface area contributed by atoms with Crippen LogP contribution in [0, 0.1) is 23.7 Å². The molecule has 0 aromatic carbocycles. The molecule has 166 valence electrons. The van der Waals surface area contributed by atoms with E-state index in [-0.39, 0.29) is 36.8 Å². The lowest BCUT2D eigenvalue weighted by atomic mass is 9.60. The van der Waals surface area contributed by atoms with Crippen molar-refractivity contribution in [2.75, 3.05) is 6.61 Å². The van der Waals surface area contributed by atoms with Crippen LogP contribution in [0.3, 0.4) is 0 Å². The smallest absolute Gasteiger partial charge is 0.427 e. The van der Waals surface area contributed by atoms with Gasteiger partial charge in [-0.05, 0) is 32.6 Å². The van der Waals surface area contributed by atoms with Gasteiger partial charge in [0.2, 0.25) is 11.8 Å². The predicted octanol–water partition coefficient (Wildman–Crippen LogP) is 1.17. The van der Waals surface area contributed by atoms with E-state index in [0.29, 0.717) is 18.6 Å². The topological polar surface area (TPSA) is 129 Å². The molecule has 4 rings (SSSR count). The number of amides is 3. The number of nitrogens with one attached hydrogen (secondary N) is 1. The molecular formula is C21H31N3O6. The van der Waals surface area contributed by atoms with Crippen molar-refractivity contribution < 1.29 is 29.3 Å². The molecule has 9 heteroatoms. The van der Waals surface area contributed by atoms with Gasteiger partial charge < -0.3 is 14.9 Å². The van der Waals surface area contributed by atoms with E-state index in [1.54, 1.807) is 6.92 Å². The monoisotopic (exact) mass is 421 g/mol. The highest BCUT2D eigenvalue weighted by molar-refractivity contribution is 6.06. The van der Waals surface area contributed by atoms with Crippen LogP contribution in [-0.4, -0.2) is 63.6 Å². The summed E-state index contributed by atoms with van der Waals surface area (Å²) >= 11 is 0. The molecule has 0 spiro atoms. The Bertz CT molecular complexity index is 734. The van der Waals surface area contributed by atoms with Crippen LogP contribution in [0.25, 0.3) is 0 Å². The second-order valence-electron chi connectivity index (χ2n) is 8.93. The zero-order valence-electron chi connectivity index (χ0n) is 17.3. The fourth-order valence-corrected chi connectivity index (χ4v) is 6.00. The number of hydrazone groups is 1. The van der Waals surface area contributed by atoms with Crippen molar-refractivity contribution in [1.29, 1.82) is 0 Å². The lowest BCUT2D eigenvalue weighted by molar-refractivity contribution is -0.145. The molecule has 4 fully saturated rings. The van der Waals surface area contributed by atoms with E-state index in [0.717, 1.165) is 32.1 Å². The van der Waals surface area contributed by atoms with E-state index in [1.807, 2.05) is 0 Å². The molecule has 3 amide bonds. The Morgan fingerprint density at radius 2 is 1.80 bits per heavy atom. The average molecular weight is 421 g/mol. The Kier molecular flexibility index (Phi) is 6.11. The van der Waals surface area contributed by atoms with Crippen molar-refractivity contribution in [2.45, 2.75) is 76.5 Å². The standard InChI is InChI=1S/C21H31N3O6/c1-2-30-21(29)23-22-14-10-15(25)18(26)16-12(14)8-9-13-17(16)20(28)24(19(13)27)11-6-4-3-5-7-11/h11-13,15-18,25-26H,2-10H2,1H3,(H,23,29)/b22-14+/t12-,13+,15+,16-,17+,18+/m0/s1. The van der Waals surface area contributed by atoms with Crippen molar-refractivity contribution in [2.24, 2.45) is 28.8 Å². The average Bonchev–Trinajstić information content (AvgIpc) is 3.00. The van der Waals surface area contributed by atoms with E-state index >= 15 is 0 Å². The maximum Gasteiger partial charge on any atom is 0.427 e. The van der Waals surface area contributed by atoms with Gasteiger partial charge in [0.1, 0.15) is 0 Å². The minimum atomic E-state index is -1.10. The molecule has 3 aliphatic carbocycles. The third kappa shape index (κ3) is 3.62. The molecule has 0 unspecified atom stereocenters. The van der Waals surface area contributed by atoms with E-state index in [2.05, 4.69) is 10.5 Å². The second kappa shape index (κ2) is 8.63. The summed E-state index contributed by atoms with van der Waals surface area (Å²) in [6.07, 6.45) is 3.18. The number of nitrogens with zero attached hydrogens (tertiary/aromatic N) is 2. The quantitative estimate of drug-likeness (QED) is 0.464. The molecule has 0 radical (unpaired) electrons. The molecule has 3 saturated carbocycles. The molecule has 3 N–H and O–H groups in total. The molecule has 4 aliphatic rings. The number of hydrogen-bond donors (Lipinski definition) is 3. The highest BCUT2D eigenvalue weighted by atomic mass is 16.5. The first-order valence-corrected chi connectivity index (χ1v) is 11.2. The number of rotatable bonds is 3. The molecule has 0 aromatic rings. The largest absolute Gasteiger partial charge is 0.449 e. The van der Waals surface area contributed by atoms with Crippen molar-refractivity contribution in [1.82, 2.24) is 10.3 Å². The molecule has 30 heavy (non-hydrogen) atoms. The molecule has 1 heterocycles. The lowest BCUT2D eigenvalue weighted by Crippen LogP contribution is -2.55. The third-order valence-electron chi connectivity index (χ3n) is 7.32. The first kappa shape index (κ1) is 21.2. The normalized spacial score (nSPS) is 38.4. The summed E-state index contributed by atoms with van der Waals surface area (Å²) in [7, 11) is 0. The SMILES string of the molecule is CCOC(=O)N/N=C1\C[C@@H](O)[C@@H](O)[C@@H]2[C@@H]3C(=O)N(C4CCCCC4)C(=O)[C@@H]3CC[C@@H]12. The Morgan fingerprint density at radius 3 is 2.50 bits per heavy atom. The third-order valence-corrected chi connectivity index (χ3v) is 7.32. The second-order valence-corrected chi connectivity index (χ2v) is 8.93. The molecule has 0 aromatic heterocycles. The van der Waals surface area contributed by atoms with Gasteiger partial charge in [-0.15, -0.1) is 0 Å². The summed E-state index contributed by atoms with van der Waals surface area (Å²) in [5.41, 5.74) is 2.88. The number of likely N-dealkylation sites (tertiary alicyclic amines) is 1. The number of hydrogen-bond acceptors (Lipinski definition) is 7. The summed E-state index contributed by atoms with van der Waals surface area (Å²) in [6, 6.07) is -0.0490. The number of carbonyl (C=O) groups excluding carboxylic acids is 3. The molecule has 9 nitrogen and oxygen atoms in total. The van der Waals surface area contributed by atoms with Gasteiger partial charge in [0, 0.05) is 30.0 Å². The van der Waals surface area contributed by atoms with Gasteiger partial charge in [-0.3, -0.25) is 14.5 Å². The van der Waals surface area contributed by atoms with Gasteiger partial charge in [-0.2, -0.15) is 5.10 Å². The minimum absolute atomic E-state index is 0.0490. The predicted molar refractivity (Wildman–Crippen MR) is 106 cm³/mol. The van der Waals surface area contributed by atoms with Crippen LogP contribution in [-0.2, 0) is 14.3 Å². The van der Waals surface area contributed by atoms with Gasteiger partial charge in [-0.25, -0.2) is 10.2 Å².